The van der Waals surface area contributed by atoms with Gasteiger partial charge in [0.15, 0.2) is 0 Å². The fourth-order valence-corrected chi connectivity index (χ4v) is 2.93. The van der Waals surface area contributed by atoms with Crippen molar-refractivity contribution in [3.63, 3.8) is 0 Å². The summed E-state index contributed by atoms with van der Waals surface area (Å²) in [6, 6.07) is 0. The Balaban J connectivity index is 0.000000386. The maximum Gasteiger partial charge on any atom is 0.000977 e. The molecular formula is C15H31N. The molecule has 0 aromatic heterocycles. The summed E-state index contributed by atoms with van der Waals surface area (Å²) in [5.41, 5.74) is 0. The number of hydrogen-bond acceptors (Lipinski definition) is 1. The molecule has 1 saturated heterocycles. The van der Waals surface area contributed by atoms with Crippen LogP contribution in [0.3, 0.4) is 0 Å². The molecular weight excluding hydrogens is 194 g/mol. The van der Waals surface area contributed by atoms with Gasteiger partial charge >= 0.3 is 0 Å². The van der Waals surface area contributed by atoms with Crippen molar-refractivity contribution in [2.75, 3.05) is 19.6 Å². The lowest BCUT2D eigenvalue weighted by Gasteiger charge is -2.26. The normalized spacial score (nSPS) is 27.6. The second kappa shape index (κ2) is 8.11. The van der Waals surface area contributed by atoms with E-state index in [-0.39, 0.29) is 0 Å². The Morgan fingerprint density at radius 1 is 1.00 bits per heavy atom. The van der Waals surface area contributed by atoms with E-state index in [2.05, 4.69) is 25.7 Å². The number of hydrogen-bond donors (Lipinski definition) is 0. The Kier molecular flexibility index (Phi) is 7.11. The summed E-state index contributed by atoms with van der Waals surface area (Å²) < 4.78 is 0. The fourth-order valence-electron chi connectivity index (χ4n) is 2.93. The monoisotopic (exact) mass is 225 g/mol. The van der Waals surface area contributed by atoms with Crippen LogP contribution in [-0.4, -0.2) is 24.5 Å². The van der Waals surface area contributed by atoms with Crippen LogP contribution in [0.25, 0.3) is 0 Å². The fraction of sp³-hybridized carbons (Fsp3) is 1.00. The molecule has 16 heavy (non-hydrogen) atoms. The highest BCUT2D eigenvalue weighted by atomic mass is 15.1. The Morgan fingerprint density at radius 3 is 2.12 bits per heavy atom. The SMILES string of the molecule is CC1CCN(CC2CCCCC2)C1.CCC. The molecule has 0 spiro atoms. The second-order valence-corrected chi connectivity index (χ2v) is 5.86. The number of nitrogens with zero attached hydrogens (tertiary/aromatic N) is 1. The highest BCUT2D eigenvalue weighted by molar-refractivity contribution is 4.76. The molecule has 0 aromatic rings. The van der Waals surface area contributed by atoms with Gasteiger partial charge in [-0.3, -0.25) is 0 Å². The van der Waals surface area contributed by atoms with Crippen LogP contribution in [0.15, 0.2) is 0 Å². The van der Waals surface area contributed by atoms with Gasteiger partial charge in [0.2, 0.25) is 0 Å². The topological polar surface area (TPSA) is 3.24 Å². The summed E-state index contributed by atoms with van der Waals surface area (Å²) >= 11 is 0. The second-order valence-electron chi connectivity index (χ2n) is 5.86. The summed E-state index contributed by atoms with van der Waals surface area (Å²) in [6.45, 7) is 10.8. The first-order valence-electron chi connectivity index (χ1n) is 7.48. The number of likely N-dealkylation sites (tertiary alicyclic amines) is 1. The molecule has 1 saturated carbocycles. The standard InChI is InChI=1S/C12H23N.C3H8/c1-11-7-8-13(9-11)10-12-5-3-2-4-6-12;1-3-2/h11-12H,2-10H2,1H3;3H2,1-2H3. The average molecular weight is 225 g/mol. The van der Waals surface area contributed by atoms with Crippen molar-refractivity contribution >= 4 is 0 Å². The van der Waals surface area contributed by atoms with Gasteiger partial charge in [0.1, 0.15) is 0 Å². The van der Waals surface area contributed by atoms with Crippen LogP contribution in [0.4, 0.5) is 0 Å². The summed E-state index contributed by atoms with van der Waals surface area (Å²) in [5.74, 6) is 2.00. The van der Waals surface area contributed by atoms with Crippen LogP contribution in [0, 0.1) is 11.8 Å². The van der Waals surface area contributed by atoms with E-state index in [1.165, 1.54) is 64.6 Å². The van der Waals surface area contributed by atoms with Crippen LogP contribution in [0.2, 0.25) is 0 Å². The van der Waals surface area contributed by atoms with Crippen LogP contribution in [0.1, 0.15) is 65.7 Å². The van der Waals surface area contributed by atoms with E-state index in [4.69, 9.17) is 0 Å². The van der Waals surface area contributed by atoms with E-state index in [1.54, 1.807) is 0 Å². The largest absolute Gasteiger partial charge is 0.303 e. The van der Waals surface area contributed by atoms with Gasteiger partial charge in [0, 0.05) is 13.1 Å². The molecule has 2 rings (SSSR count). The zero-order chi connectivity index (χ0) is 11.8. The molecule has 1 atom stereocenters. The predicted molar refractivity (Wildman–Crippen MR) is 72.8 cm³/mol. The number of rotatable bonds is 2. The quantitative estimate of drug-likeness (QED) is 0.676. The summed E-state index contributed by atoms with van der Waals surface area (Å²) in [6.07, 6.45) is 10.2. The molecule has 0 bridgehead atoms. The van der Waals surface area contributed by atoms with Crippen molar-refractivity contribution in [1.82, 2.24) is 4.90 Å². The first-order chi connectivity index (χ1) is 7.76. The van der Waals surface area contributed by atoms with Crippen LogP contribution in [0.5, 0.6) is 0 Å². The van der Waals surface area contributed by atoms with Crippen molar-refractivity contribution < 1.29 is 0 Å². The lowest BCUT2D eigenvalue weighted by molar-refractivity contribution is 0.229. The summed E-state index contributed by atoms with van der Waals surface area (Å²) in [4.78, 5) is 2.70. The Morgan fingerprint density at radius 2 is 1.62 bits per heavy atom. The molecule has 0 amide bonds. The van der Waals surface area contributed by atoms with Crippen LogP contribution in [-0.2, 0) is 0 Å². The van der Waals surface area contributed by atoms with Crippen molar-refractivity contribution in [2.45, 2.75) is 65.7 Å². The zero-order valence-corrected chi connectivity index (χ0v) is 11.7. The summed E-state index contributed by atoms with van der Waals surface area (Å²) in [5, 5.41) is 0. The van der Waals surface area contributed by atoms with Gasteiger partial charge < -0.3 is 4.90 Å². The van der Waals surface area contributed by atoms with Gasteiger partial charge in [-0.15, -0.1) is 0 Å². The van der Waals surface area contributed by atoms with Crippen LogP contribution >= 0.6 is 0 Å². The van der Waals surface area contributed by atoms with Crippen LogP contribution < -0.4 is 0 Å². The highest BCUT2D eigenvalue weighted by Gasteiger charge is 2.22. The smallest absolute Gasteiger partial charge is 0.000977 e. The zero-order valence-electron chi connectivity index (χ0n) is 11.7. The van der Waals surface area contributed by atoms with Crippen molar-refractivity contribution in [2.24, 2.45) is 11.8 Å². The van der Waals surface area contributed by atoms with E-state index in [0.717, 1.165) is 11.8 Å². The van der Waals surface area contributed by atoms with Gasteiger partial charge in [-0.05, 0) is 37.6 Å². The predicted octanol–water partition coefficient (Wildman–Crippen LogP) is 4.32. The molecule has 2 fully saturated rings. The molecule has 1 heteroatoms. The maximum absolute atomic E-state index is 2.70. The molecule has 2 aliphatic rings. The Labute approximate surface area is 103 Å². The average Bonchev–Trinajstić information content (AvgIpc) is 2.67. The van der Waals surface area contributed by atoms with E-state index < -0.39 is 0 Å². The molecule has 1 unspecified atom stereocenters. The van der Waals surface area contributed by atoms with Gasteiger partial charge in [-0.25, -0.2) is 0 Å². The first-order valence-corrected chi connectivity index (χ1v) is 7.48. The first kappa shape index (κ1) is 14.0. The van der Waals surface area contributed by atoms with E-state index >= 15 is 0 Å². The maximum atomic E-state index is 2.70. The summed E-state index contributed by atoms with van der Waals surface area (Å²) in [7, 11) is 0. The molecule has 1 aliphatic heterocycles. The molecule has 0 aromatic carbocycles. The van der Waals surface area contributed by atoms with E-state index in [0.29, 0.717) is 0 Å². The van der Waals surface area contributed by atoms with Gasteiger partial charge in [-0.2, -0.15) is 0 Å². The van der Waals surface area contributed by atoms with Crippen molar-refractivity contribution in [3.05, 3.63) is 0 Å². The van der Waals surface area contributed by atoms with Gasteiger partial charge in [0.05, 0.1) is 0 Å². The van der Waals surface area contributed by atoms with Gasteiger partial charge in [0.25, 0.3) is 0 Å². The third kappa shape index (κ3) is 5.34. The lowest BCUT2D eigenvalue weighted by atomic mass is 9.89. The third-order valence-corrected chi connectivity index (χ3v) is 3.75. The molecule has 0 radical (unpaired) electrons. The molecule has 96 valence electrons. The molecule has 0 N–H and O–H groups in total. The lowest BCUT2D eigenvalue weighted by Crippen LogP contribution is -2.28. The third-order valence-electron chi connectivity index (χ3n) is 3.75. The van der Waals surface area contributed by atoms with Crippen molar-refractivity contribution in [3.8, 4) is 0 Å². The Hall–Kier alpha value is -0.0400. The van der Waals surface area contributed by atoms with Crippen molar-refractivity contribution in [1.29, 1.82) is 0 Å². The molecule has 1 nitrogen and oxygen atoms in total. The molecule has 1 aliphatic carbocycles. The van der Waals surface area contributed by atoms with E-state index in [1.807, 2.05) is 0 Å². The van der Waals surface area contributed by atoms with Gasteiger partial charge in [-0.1, -0.05) is 46.5 Å². The molecule has 1 heterocycles. The minimum absolute atomic E-state index is 0.962. The Bertz CT molecular complexity index is 158. The minimum Gasteiger partial charge on any atom is -0.303 e. The van der Waals surface area contributed by atoms with E-state index in [9.17, 15) is 0 Å². The minimum atomic E-state index is 0.962. The highest BCUT2D eigenvalue weighted by Crippen LogP contribution is 2.26.